The molecule has 3 N–H and O–H groups in total. The standard InChI is InChI=1S/C15H22FN5O3/c1-7(2)23-12-10-11(19-14(17)20-12)21(6-18-10)13-15(4,16)8(3)9(5-22)24-13/h6-9,13,22H,5H2,1-4H3,(H2,17,19,20)/t8-,9-,13-,15-/m1/s1. The lowest BCUT2D eigenvalue weighted by molar-refractivity contribution is -0.0565. The van der Waals surface area contributed by atoms with Gasteiger partial charge in [0.15, 0.2) is 23.1 Å². The number of hydrogen-bond donors (Lipinski definition) is 2. The van der Waals surface area contributed by atoms with Crippen LogP contribution in [-0.4, -0.2) is 49.1 Å². The van der Waals surface area contributed by atoms with Gasteiger partial charge in [-0.1, -0.05) is 6.92 Å². The van der Waals surface area contributed by atoms with Crippen molar-refractivity contribution in [2.75, 3.05) is 12.3 Å². The van der Waals surface area contributed by atoms with E-state index in [1.54, 1.807) is 6.92 Å². The Labute approximate surface area is 138 Å². The molecular weight excluding hydrogens is 317 g/mol. The van der Waals surface area contributed by atoms with Crippen LogP contribution in [0.3, 0.4) is 0 Å². The Morgan fingerprint density at radius 1 is 1.50 bits per heavy atom. The van der Waals surface area contributed by atoms with E-state index in [9.17, 15) is 5.11 Å². The highest BCUT2D eigenvalue weighted by Crippen LogP contribution is 2.46. The van der Waals surface area contributed by atoms with Crippen LogP contribution in [0.4, 0.5) is 10.3 Å². The fourth-order valence-electron chi connectivity index (χ4n) is 2.93. The second-order valence-corrected chi connectivity index (χ2v) is 6.53. The van der Waals surface area contributed by atoms with Crippen LogP contribution in [0.5, 0.6) is 5.88 Å². The van der Waals surface area contributed by atoms with Gasteiger partial charge in [-0.2, -0.15) is 9.97 Å². The largest absolute Gasteiger partial charge is 0.473 e. The first-order valence-electron chi connectivity index (χ1n) is 7.87. The van der Waals surface area contributed by atoms with Crippen molar-refractivity contribution in [3.63, 3.8) is 0 Å². The van der Waals surface area contributed by atoms with Crippen LogP contribution in [0.1, 0.15) is 33.9 Å². The van der Waals surface area contributed by atoms with Gasteiger partial charge in [0.25, 0.3) is 0 Å². The summed E-state index contributed by atoms with van der Waals surface area (Å²) >= 11 is 0. The van der Waals surface area contributed by atoms with Gasteiger partial charge in [0.2, 0.25) is 11.8 Å². The molecule has 3 heterocycles. The number of anilines is 1. The van der Waals surface area contributed by atoms with E-state index in [-0.39, 0.29) is 24.5 Å². The van der Waals surface area contributed by atoms with Gasteiger partial charge in [-0.25, -0.2) is 9.37 Å². The van der Waals surface area contributed by atoms with E-state index in [1.165, 1.54) is 17.8 Å². The summed E-state index contributed by atoms with van der Waals surface area (Å²) in [6, 6.07) is 0. The highest BCUT2D eigenvalue weighted by Gasteiger charge is 2.53. The summed E-state index contributed by atoms with van der Waals surface area (Å²) in [4.78, 5) is 12.5. The van der Waals surface area contributed by atoms with Crippen LogP contribution < -0.4 is 10.5 Å². The number of rotatable bonds is 4. The average Bonchev–Trinajstić information content (AvgIpc) is 2.99. The van der Waals surface area contributed by atoms with Crippen LogP contribution >= 0.6 is 0 Å². The summed E-state index contributed by atoms with van der Waals surface area (Å²) in [5.74, 6) is -0.239. The fraction of sp³-hybridized carbons (Fsp3) is 0.667. The van der Waals surface area contributed by atoms with Crippen LogP contribution in [0.25, 0.3) is 11.2 Å². The monoisotopic (exact) mass is 339 g/mol. The summed E-state index contributed by atoms with van der Waals surface area (Å²) < 4.78 is 28.0. The zero-order valence-corrected chi connectivity index (χ0v) is 14.1. The number of fused-ring (bicyclic) bond motifs is 1. The number of ether oxygens (including phenoxy) is 2. The molecule has 4 atom stereocenters. The lowest BCUT2D eigenvalue weighted by Crippen LogP contribution is -2.34. The number of aliphatic hydroxyl groups excluding tert-OH is 1. The number of nitrogens with two attached hydrogens (primary N) is 1. The quantitative estimate of drug-likeness (QED) is 0.868. The van der Waals surface area contributed by atoms with Crippen molar-refractivity contribution in [3.8, 4) is 5.88 Å². The average molecular weight is 339 g/mol. The van der Waals surface area contributed by atoms with E-state index in [2.05, 4.69) is 15.0 Å². The molecule has 2 aromatic heterocycles. The van der Waals surface area contributed by atoms with E-state index in [0.29, 0.717) is 11.2 Å². The highest BCUT2D eigenvalue weighted by molar-refractivity contribution is 5.77. The molecule has 0 aromatic carbocycles. The lowest BCUT2D eigenvalue weighted by Gasteiger charge is -2.25. The molecule has 0 spiro atoms. The van der Waals surface area contributed by atoms with Crippen LogP contribution in [0, 0.1) is 5.92 Å². The number of aliphatic hydroxyl groups is 1. The third-order valence-electron chi connectivity index (χ3n) is 4.42. The van der Waals surface area contributed by atoms with Gasteiger partial charge in [-0.05, 0) is 20.8 Å². The Hall–Kier alpha value is -2.00. The van der Waals surface area contributed by atoms with Gasteiger partial charge in [0.1, 0.15) is 0 Å². The minimum atomic E-state index is -1.71. The van der Waals surface area contributed by atoms with Gasteiger partial charge in [0.05, 0.1) is 25.1 Å². The predicted octanol–water partition coefficient (Wildman–Crippen LogP) is 1.45. The van der Waals surface area contributed by atoms with E-state index in [4.69, 9.17) is 15.2 Å². The summed E-state index contributed by atoms with van der Waals surface area (Å²) in [5, 5.41) is 9.40. The molecular formula is C15H22FN5O3. The van der Waals surface area contributed by atoms with Crippen LogP contribution in [0.2, 0.25) is 0 Å². The molecule has 0 aliphatic carbocycles. The Balaban J connectivity index is 2.10. The molecule has 0 saturated carbocycles. The maximum absolute atomic E-state index is 15.2. The van der Waals surface area contributed by atoms with Crippen molar-refractivity contribution in [2.45, 2.75) is 51.8 Å². The normalized spacial score (nSPS) is 30.4. The number of nitrogens with zero attached hydrogens (tertiary/aromatic N) is 4. The Morgan fingerprint density at radius 3 is 2.79 bits per heavy atom. The second-order valence-electron chi connectivity index (χ2n) is 6.53. The molecule has 9 heteroatoms. The topological polar surface area (TPSA) is 108 Å². The molecule has 0 radical (unpaired) electrons. The zero-order chi connectivity index (χ0) is 17.6. The van der Waals surface area contributed by atoms with Gasteiger partial charge >= 0.3 is 0 Å². The molecule has 1 saturated heterocycles. The molecule has 2 aromatic rings. The molecule has 3 rings (SSSR count). The van der Waals surface area contributed by atoms with Gasteiger partial charge in [0, 0.05) is 5.92 Å². The van der Waals surface area contributed by atoms with Crippen molar-refractivity contribution in [2.24, 2.45) is 5.92 Å². The molecule has 8 nitrogen and oxygen atoms in total. The van der Waals surface area contributed by atoms with Crippen LogP contribution in [0.15, 0.2) is 6.33 Å². The summed E-state index contributed by atoms with van der Waals surface area (Å²) in [6.07, 6.45) is -0.273. The first-order valence-corrected chi connectivity index (χ1v) is 7.87. The first-order chi connectivity index (χ1) is 11.3. The number of hydrogen-bond acceptors (Lipinski definition) is 7. The lowest BCUT2D eigenvalue weighted by atomic mass is 9.90. The third kappa shape index (κ3) is 2.57. The van der Waals surface area contributed by atoms with Crippen molar-refractivity contribution < 1.29 is 19.0 Å². The SMILES string of the molecule is CC(C)Oc1nc(N)nc2c1ncn2[C@@H]1O[C@H](CO)[C@@H](C)[C@@]1(C)F. The van der Waals surface area contributed by atoms with Gasteiger partial charge in [-0.15, -0.1) is 0 Å². The predicted molar refractivity (Wildman–Crippen MR) is 85.2 cm³/mol. The number of alkyl halides is 1. The Bertz CT molecular complexity index is 748. The van der Waals surface area contributed by atoms with E-state index >= 15 is 4.39 Å². The minimum Gasteiger partial charge on any atom is -0.473 e. The van der Waals surface area contributed by atoms with Crippen molar-refractivity contribution in [3.05, 3.63) is 6.33 Å². The van der Waals surface area contributed by atoms with Crippen LogP contribution in [-0.2, 0) is 4.74 Å². The molecule has 132 valence electrons. The van der Waals surface area contributed by atoms with Crippen molar-refractivity contribution in [1.29, 1.82) is 0 Å². The number of halogens is 1. The zero-order valence-electron chi connectivity index (χ0n) is 14.1. The maximum atomic E-state index is 15.2. The van der Waals surface area contributed by atoms with Gasteiger partial charge < -0.3 is 20.3 Å². The molecule has 1 aliphatic heterocycles. The summed E-state index contributed by atoms with van der Waals surface area (Å²) in [5.41, 5.74) is 4.77. The molecule has 24 heavy (non-hydrogen) atoms. The second kappa shape index (κ2) is 5.82. The summed E-state index contributed by atoms with van der Waals surface area (Å²) in [6.45, 7) is 6.60. The Kier molecular flexibility index (Phi) is 4.08. The summed E-state index contributed by atoms with van der Waals surface area (Å²) in [7, 11) is 0. The third-order valence-corrected chi connectivity index (χ3v) is 4.42. The number of imidazole rings is 1. The molecule has 0 amide bonds. The van der Waals surface area contributed by atoms with Gasteiger partial charge in [-0.3, -0.25) is 4.57 Å². The molecule has 1 aliphatic rings. The van der Waals surface area contributed by atoms with Crippen molar-refractivity contribution >= 4 is 17.1 Å². The smallest absolute Gasteiger partial charge is 0.247 e. The molecule has 0 bridgehead atoms. The van der Waals surface area contributed by atoms with E-state index in [0.717, 1.165) is 0 Å². The Morgan fingerprint density at radius 2 is 2.21 bits per heavy atom. The maximum Gasteiger partial charge on any atom is 0.247 e. The number of nitrogen functional groups attached to an aromatic ring is 1. The number of aromatic nitrogens is 4. The first kappa shape index (κ1) is 16.8. The van der Waals surface area contributed by atoms with Crippen molar-refractivity contribution in [1.82, 2.24) is 19.5 Å². The van der Waals surface area contributed by atoms with E-state index in [1.807, 2.05) is 13.8 Å². The molecule has 1 fully saturated rings. The molecule has 0 unspecified atom stereocenters. The highest BCUT2D eigenvalue weighted by atomic mass is 19.1. The minimum absolute atomic E-state index is 0.00483. The van der Waals surface area contributed by atoms with E-state index < -0.39 is 23.9 Å². The fourth-order valence-corrected chi connectivity index (χ4v) is 2.93.